The molecule has 2 nitrogen and oxygen atoms in total. The second-order valence-corrected chi connectivity index (χ2v) is 5.02. The first kappa shape index (κ1) is 14.8. The first-order chi connectivity index (χ1) is 7.01. The van der Waals surface area contributed by atoms with Gasteiger partial charge in [0.05, 0.1) is 4.99 Å². The van der Waals surface area contributed by atoms with Crippen LogP contribution in [-0.4, -0.2) is 29.5 Å². The Hall–Kier alpha value is -0.150. The monoisotopic (exact) mass is 230 g/mol. The first-order valence-corrected chi connectivity index (χ1v) is 6.43. The van der Waals surface area contributed by atoms with Gasteiger partial charge in [0, 0.05) is 19.0 Å². The lowest BCUT2D eigenvalue weighted by molar-refractivity contribution is 0.230. The lowest BCUT2D eigenvalue weighted by Crippen LogP contribution is -2.36. The molecule has 2 unspecified atom stereocenters. The summed E-state index contributed by atoms with van der Waals surface area (Å²) in [6.07, 6.45) is 2.57. The molecular formula is C12H26N2S. The van der Waals surface area contributed by atoms with Crippen LogP contribution in [0.4, 0.5) is 0 Å². The number of nitrogens with zero attached hydrogens (tertiary/aromatic N) is 1. The van der Waals surface area contributed by atoms with Gasteiger partial charge in [-0.05, 0) is 18.9 Å². The van der Waals surface area contributed by atoms with Crippen molar-refractivity contribution in [1.82, 2.24) is 4.90 Å². The highest BCUT2D eigenvalue weighted by molar-refractivity contribution is 7.80. The third kappa shape index (κ3) is 6.85. The predicted octanol–water partition coefficient (Wildman–Crippen LogP) is 2.67. The molecule has 0 saturated carbocycles. The minimum absolute atomic E-state index is 0.328. The topological polar surface area (TPSA) is 29.3 Å². The second kappa shape index (κ2) is 8.05. The molecule has 0 heterocycles. The van der Waals surface area contributed by atoms with Crippen molar-refractivity contribution in [3.63, 3.8) is 0 Å². The Bertz CT molecular complexity index is 182. The summed E-state index contributed by atoms with van der Waals surface area (Å²) in [7, 11) is 0. The Kier molecular flexibility index (Phi) is 7.97. The van der Waals surface area contributed by atoms with Crippen molar-refractivity contribution in [1.29, 1.82) is 0 Å². The van der Waals surface area contributed by atoms with Crippen molar-refractivity contribution in [3.05, 3.63) is 0 Å². The molecule has 0 spiro atoms. The van der Waals surface area contributed by atoms with Gasteiger partial charge in [-0.15, -0.1) is 0 Å². The smallest absolute Gasteiger partial charge is 0.0768 e. The molecule has 0 aromatic carbocycles. The van der Waals surface area contributed by atoms with Crippen molar-refractivity contribution in [2.24, 2.45) is 17.6 Å². The Labute approximate surface area is 100 Å². The highest BCUT2D eigenvalue weighted by atomic mass is 32.1. The maximum atomic E-state index is 5.63. The number of hydrogen-bond acceptors (Lipinski definition) is 2. The average molecular weight is 230 g/mol. The maximum absolute atomic E-state index is 5.63. The lowest BCUT2D eigenvalue weighted by atomic mass is 10.0. The average Bonchev–Trinajstić information content (AvgIpc) is 2.16. The predicted molar refractivity (Wildman–Crippen MR) is 72.1 cm³/mol. The molecule has 0 aromatic rings. The number of rotatable bonds is 8. The normalized spacial score (nSPS) is 15.3. The summed E-state index contributed by atoms with van der Waals surface area (Å²) in [6.45, 7) is 12.1. The summed E-state index contributed by atoms with van der Waals surface area (Å²) in [5.74, 6) is 1.10. The van der Waals surface area contributed by atoms with Gasteiger partial charge in [-0.1, -0.05) is 46.3 Å². The Balaban J connectivity index is 3.96. The molecule has 90 valence electrons. The fraction of sp³-hybridized carbons (Fsp3) is 0.917. The van der Waals surface area contributed by atoms with E-state index in [0.29, 0.717) is 10.9 Å². The number of thiocarbonyl (C=S) groups is 1. The molecule has 0 aliphatic rings. The van der Waals surface area contributed by atoms with Crippen molar-refractivity contribution < 1.29 is 0 Å². The number of hydrogen-bond donors (Lipinski definition) is 1. The van der Waals surface area contributed by atoms with E-state index in [0.717, 1.165) is 25.6 Å². The zero-order valence-corrected chi connectivity index (χ0v) is 11.4. The highest BCUT2D eigenvalue weighted by Crippen LogP contribution is 2.09. The minimum atomic E-state index is 0.328. The molecule has 0 aliphatic carbocycles. The van der Waals surface area contributed by atoms with Crippen LogP contribution in [0.2, 0.25) is 0 Å². The van der Waals surface area contributed by atoms with Gasteiger partial charge in [0.25, 0.3) is 0 Å². The van der Waals surface area contributed by atoms with Gasteiger partial charge in [0.15, 0.2) is 0 Å². The zero-order chi connectivity index (χ0) is 11.8. The van der Waals surface area contributed by atoms with E-state index >= 15 is 0 Å². The Morgan fingerprint density at radius 2 is 1.87 bits per heavy atom. The standard InChI is InChI=1S/C12H26N2S/c1-5-7-10(3)8-14(6-2)9-11(4)12(13)15/h10-11H,5-9H2,1-4H3,(H2,13,15). The molecule has 2 N–H and O–H groups in total. The largest absolute Gasteiger partial charge is 0.393 e. The van der Waals surface area contributed by atoms with E-state index < -0.39 is 0 Å². The molecule has 0 bridgehead atoms. The van der Waals surface area contributed by atoms with Crippen molar-refractivity contribution >= 4 is 17.2 Å². The van der Waals surface area contributed by atoms with Gasteiger partial charge in [-0.3, -0.25) is 0 Å². The van der Waals surface area contributed by atoms with E-state index in [2.05, 4.69) is 32.6 Å². The fourth-order valence-corrected chi connectivity index (χ4v) is 1.91. The van der Waals surface area contributed by atoms with E-state index in [1.807, 2.05) is 0 Å². The molecule has 0 radical (unpaired) electrons. The Morgan fingerprint density at radius 3 is 2.27 bits per heavy atom. The van der Waals surface area contributed by atoms with E-state index in [9.17, 15) is 0 Å². The summed E-state index contributed by atoms with van der Waals surface area (Å²) in [4.78, 5) is 3.08. The van der Waals surface area contributed by atoms with Crippen LogP contribution in [0.5, 0.6) is 0 Å². The molecule has 0 amide bonds. The van der Waals surface area contributed by atoms with Crippen LogP contribution < -0.4 is 5.73 Å². The fourth-order valence-electron chi connectivity index (χ4n) is 1.83. The SMILES string of the molecule is CCCC(C)CN(CC)CC(C)C(N)=S. The van der Waals surface area contributed by atoms with Crippen LogP contribution in [-0.2, 0) is 0 Å². The third-order valence-corrected chi connectivity index (χ3v) is 3.22. The van der Waals surface area contributed by atoms with Gasteiger partial charge in [0.1, 0.15) is 0 Å². The molecule has 0 aliphatic heterocycles. The molecular weight excluding hydrogens is 204 g/mol. The van der Waals surface area contributed by atoms with E-state index in [4.69, 9.17) is 18.0 Å². The summed E-state index contributed by atoms with van der Waals surface area (Å²) in [5.41, 5.74) is 5.63. The van der Waals surface area contributed by atoms with E-state index in [1.165, 1.54) is 12.8 Å². The molecule has 0 saturated heterocycles. The molecule has 3 heteroatoms. The van der Waals surface area contributed by atoms with Gasteiger partial charge in [-0.2, -0.15) is 0 Å². The van der Waals surface area contributed by atoms with Gasteiger partial charge in [0.2, 0.25) is 0 Å². The molecule has 2 atom stereocenters. The summed E-state index contributed by atoms with van der Waals surface area (Å²) in [5, 5.41) is 0. The summed E-state index contributed by atoms with van der Waals surface area (Å²) < 4.78 is 0. The van der Waals surface area contributed by atoms with Gasteiger partial charge in [-0.25, -0.2) is 0 Å². The van der Waals surface area contributed by atoms with Crippen LogP contribution in [0.3, 0.4) is 0 Å². The van der Waals surface area contributed by atoms with E-state index in [1.54, 1.807) is 0 Å². The third-order valence-electron chi connectivity index (χ3n) is 2.82. The number of nitrogens with two attached hydrogens (primary N) is 1. The summed E-state index contributed by atoms with van der Waals surface area (Å²) in [6, 6.07) is 0. The van der Waals surface area contributed by atoms with Crippen molar-refractivity contribution in [3.8, 4) is 0 Å². The molecule has 0 fully saturated rings. The van der Waals surface area contributed by atoms with E-state index in [-0.39, 0.29) is 0 Å². The molecule has 0 rings (SSSR count). The summed E-state index contributed by atoms with van der Waals surface area (Å²) >= 11 is 5.00. The molecule has 0 aromatic heterocycles. The van der Waals surface area contributed by atoms with Crippen LogP contribution in [0.15, 0.2) is 0 Å². The second-order valence-electron chi connectivity index (χ2n) is 4.55. The molecule has 15 heavy (non-hydrogen) atoms. The minimum Gasteiger partial charge on any atom is -0.393 e. The Morgan fingerprint density at radius 1 is 1.27 bits per heavy atom. The highest BCUT2D eigenvalue weighted by Gasteiger charge is 2.13. The van der Waals surface area contributed by atoms with Crippen molar-refractivity contribution in [2.45, 2.75) is 40.5 Å². The van der Waals surface area contributed by atoms with Crippen LogP contribution in [0.1, 0.15) is 40.5 Å². The zero-order valence-electron chi connectivity index (χ0n) is 10.6. The maximum Gasteiger partial charge on any atom is 0.0768 e. The lowest BCUT2D eigenvalue weighted by Gasteiger charge is -2.26. The van der Waals surface area contributed by atoms with Gasteiger partial charge < -0.3 is 10.6 Å². The first-order valence-electron chi connectivity index (χ1n) is 6.02. The quantitative estimate of drug-likeness (QED) is 0.650. The van der Waals surface area contributed by atoms with Crippen molar-refractivity contribution in [2.75, 3.05) is 19.6 Å². The van der Waals surface area contributed by atoms with Crippen LogP contribution in [0.25, 0.3) is 0 Å². The van der Waals surface area contributed by atoms with Crippen LogP contribution >= 0.6 is 12.2 Å². The van der Waals surface area contributed by atoms with Gasteiger partial charge >= 0.3 is 0 Å². The van der Waals surface area contributed by atoms with Crippen LogP contribution in [0, 0.1) is 11.8 Å².